The molecule has 0 bridgehead atoms. The fourth-order valence-electron chi connectivity index (χ4n) is 2.52. The molecule has 0 saturated carbocycles. The summed E-state index contributed by atoms with van der Waals surface area (Å²) in [5.41, 5.74) is 3.29. The zero-order valence-electron chi connectivity index (χ0n) is 14.1. The summed E-state index contributed by atoms with van der Waals surface area (Å²) in [4.78, 5) is 18.2. The second-order valence-electron chi connectivity index (χ2n) is 5.59. The van der Waals surface area contributed by atoms with E-state index in [1.54, 1.807) is 12.4 Å². The first-order valence-electron chi connectivity index (χ1n) is 7.97. The predicted octanol–water partition coefficient (Wildman–Crippen LogP) is 3.17. The lowest BCUT2D eigenvalue weighted by Gasteiger charge is -2.21. The normalized spacial score (nSPS) is 10.4. The quantitative estimate of drug-likeness (QED) is 0.788. The molecule has 0 N–H and O–H groups in total. The molecule has 2 aromatic rings. The highest BCUT2D eigenvalue weighted by Gasteiger charge is 2.13. The molecular weight excluding hydrogens is 288 g/mol. The zero-order valence-corrected chi connectivity index (χ0v) is 14.1. The van der Waals surface area contributed by atoms with Crippen molar-refractivity contribution in [3.63, 3.8) is 0 Å². The Morgan fingerprint density at radius 1 is 1.13 bits per heavy atom. The van der Waals surface area contributed by atoms with E-state index < -0.39 is 0 Å². The molecule has 1 heterocycles. The molecule has 2 rings (SSSR count). The van der Waals surface area contributed by atoms with Crippen molar-refractivity contribution in [2.75, 3.05) is 19.7 Å². The number of pyridine rings is 1. The van der Waals surface area contributed by atoms with Gasteiger partial charge in [0.05, 0.1) is 0 Å². The fourth-order valence-corrected chi connectivity index (χ4v) is 2.52. The SMILES string of the molecule is CCN(CCc1ccncc1)C(=O)COc1c(C)cccc1C. The number of hydrogen-bond acceptors (Lipinski definition) is 3. The molecule has 0 aliphatic carbocycles. The smallest absolute Gasteiger partial charge is 0.260 e. The van der Waals surface area contributed by atoms with E-state index in [1.807, 2.05) is 56.0 Å². The van der Waals surface area contributed by atoms with Crippen LogP contribution in [0.1, 0.15) is 23.6 Å². The molecule has 122 valence electrons. The maximum atomic E-state index is 12.4. The summed E-state index contributed by atoms with van der Waals surface area (Å²) < 4.78 is 5.76. The molecule has 0 aliphatic rings. The minimum atomic E-state index is 0.0178. The van der Waals surface area contributed by atoms with E-state index in [2.05, 4.69) is 4.98 Å². The van der Waals surface area contributed by atoms with Crippen LogP contribution in [-0.4, -0.2) is 35.5 Å². The Morgan fingerprint density at radius 2 is 1.78 bits per heavy atom. The Kier molecular flexibility index (Phi) is 6.15. The van der Waals surface area contributed by atoms with Gasteiger partial charge in [-0.05, 0) is 56.0 Å². The maximum Gasteiger partial charge on any atom is 0.260 e. The van der Waals surface area contributed by atoms with Crippen molar-refractivity contribution < 1.29 is 9.53 Å². The van der Waals surface area contributed by atoms with E-state index in [0.717, 1.165) is 23.3 Å². The van der Waals surface area contributed by atoms with Gasteiger partial charge in [0, 0.05) is 25.5 Å². The van der Waals surface area contributed by atoms with Gasteiger partial charge in [-0.2, -0.15) is 0 Å². The van der Waals surface area contributed by atoms with Crippen LogP contribution in [0, 0.1) is 13.8 Å². The minimum Gasteiger partial charge on any atom is -0.483 e. The number of likely N-dealkylation sites (N-methyl/N-ethyl adjacent to an activating group) is 1. The Morgan fingerprint density at radius 3 is 2.39 bits per heavy atom. The van der Waals surface area contributed by atoms with Crippen molar-refractivity contribution in [3.8, 4) is 5.75 Å². The summed E-state index contributed by atoms with van der Waals surface area (Å²) in [7, 11) is 0. The van der Waals surface area contributed by atoms with Crippen LogP contribution < -0.4 is 4.74 Å². The molecule has 0 saturated heterocycles. The van der Waals surface area contributed by atoms with Crippen LogP contribution in [-0.2, 0) is 11.2 Å². The average Bonchev–Trinajstić information content (AvgIpc) is 2.56. The van der Waals surface area contributed by atoms with Crippen molar-refractivity contribution in [1.82, 2.24) is 9.88 Å². The molecule has 0 unspecified atom stereocenters. The number of aryl methyl sites for hydroxylation is 2. The van der Waals surface area contributed by atoms with E-state index in [9.17, 15) is 4.79 Å². The molecule has 0 atom stereocenters. The Balaban J connectivity index is 1.90. The van der Waals surface area contributed by atoms with Gasteiger partial charge in [-0.15, -0.1) is 0 Å². The maximum absolute atomic E-state index is 12.4. The lowest BCUT2D eigenvalue weighted by Crippen LogP contribution is -2.36. The summed E-state index contributed by atoms with van der Waals surface area (Å²) in [5, 5.41) is 0. The first kappa shape index (κ1) is 17.0. The second kappa shape index (κ2) is 8.32. The van der Waals surface area contributed by atoms with Gasteiger partial charge < -0.3 is 9.64 Å². The first-order valence-corrected chi connectivity index (χ1v) is 7.97. The minimum absolute atomic E-state index is 0.0178. The van der Waals surface area contributed by atoms with Crippen LogP contribution >= 0.6 is 0 Å². The third-order valence-corrected chi connectivity index (χ3v) is 3.90. The third kappa shape index (κ3) is 4.81. The predicted molar refractivity (Wildman–Crippen MR) is 91.6 cm³/mol. The summed E-state index contributed by atoms with van der Waals surface area (Å²) in [5.74, 6) is 0.829. The average molecular weight is 312 g/mol. The topological polar surface area (TPSA) is 42.4 Å². The lowest BCUT2D eigenvalue weighted by atomic mass is 10.1. The molecule has 1 aromatic carbocycles. The molecule has 4 nitrogen and oxygen atoms in total. The van der Waals surface area contributed by atoms with Crippen LogP contribution in [0.15, 0.2) is 42.7 Å². The molecule has 0 fully saturated rings. The van der Waals surface area contributed by atoms with E-state index >= 15 is 0 Å². The van der Waals surface area contributed by atoms with E-state index in [1.165, 1.54) is 5.56 Å². The van der Waals surface area contributed by atoms with Crippen molar-refractivity contribution in [2.24, 2.45) is 0 Å². The first-order chi connectivity index (χ1) is 11.1. The highest BCUT2D eigenvalue weighted by Crippen LogP contribution is 2.22. The standard InChI is InChI=1S/C19H24N2O2/c1-4-21(13-10-17-8-11-20-12-9-17)18(22)14-23-19-15(2)6-5-7-16(19)3/h5-9,11-12H,4,10,13-14H2,1-3H3. The fraction of sp³-hybridized carbons (Fsp3) is 0.368. The Labute approximate surface area is 138 Å². The monoisotopic (exact) mass is 312 g/mol. The van der Waals surface area contributed by atoms with Crippen molar-refractivity contribution in [1.29, 1.82) is 0 Å². The molecule has 0 radical (unpaired) electrons. The van der Waals surface area contributed by atoms with Gasteiger partial charge in [0.2, 0.25) is 0 Å². The molecule has 1 amide bonds. The molecule has 0 spiro atoms. The second-order valence-corrected chi connectivity index (χ2v) is 5.59. The number of rotatable bonds is 7. The molecular formula is C19H24N2O2. The number of para-hydroxylation sites is 1. The van der Waals surface area contributed by atoms with Crippen LogP contribution in [0.2, 0.25) is 0 Å². The van der Waals surface area contributed by atoms with Crippen LogP contribution in [0.25, 0.3) is 0 Å². The number of carbonyl (C=O) groups is 1. The van der Waals surface area contributed by atoms with E-state index in [4.69, 9.17) is 4.74 Å². The zero-order chi connectivity index (χ0) is 16.7. The highest BCUT2D eigenvalue weighted by atomic mass is 16.5. The largest absolute Gasteiger partial charge is 0.483 e. The number of benzene rings is 1. The molecule has 1 aromatic heterocycles. The molecule has 4 heteroatoms. The van der Waals surface area contributed by atoms with Crippen LogP contribution in [0.4, 0.5) is 0 Å². The summed E-state index contributed by atoms with van der Waals surface area (Å²) >= 11 is 0. The number of hydrogen-bond donors (Lipinski definition) is 0. The summed E-state index contributed by atoms with van der Waals surface area (Å²) in [6.45, 7) is 7.43. The van der Waals surface area contributed by atoms with Gasteiger partial charge in [0.25, 0.3) is 5.91 Å². The van der Waals surface area contributed by atoms with Gasteiger partial charge in [0.1, 0.15) is 5.75 Å². The number of amides is 1. The van der Waals surface area contributed by atoms with Crippen LogP contribution in [0.3, 0.4) is 0 Å². The van der Waals surface area contributed by atoms with Crippen molar-refractivity contribution >= 4 is 5.91 Å². The lowest BCUT2D eigenvalue weighted by molar-refractivity contribution is -0.133. The van der Waals surface area contributed by atoms with Gasteiger partial charge in [-0.25, -0.2) is 0 Å². The van der Waals surface area contributed by atoms with Gasteiger partial charge in [0.15, 0.2) is 6.61 Å². The summed E-state index contributed by atoms with van der Waals surface area (Å²) in [6, 6.07) is 9.94. The van der Waals surface area contributed by atoms with E-state index in [-0.39, 0.29) is 12.5 Å². The number of ether oxygens (including phenoxy) is 1. The van der Waals surface area contributed by atoms with Gasteiger partial charge in [-0.1, -0.05) is 18.2 Å². The summed E-state index contributed by atoms with van der Waals surface area (Å²) in [6.07, 6.45) is 4.38. The van der Waals surface area contributed by atoms with Crippen molar-refractivity contribution in [2.45, 2.75) is 27.2 Å². The van der Waals surface area contributed by atoms with Crippen LogP contribution in [0.5, 0.6) is 5.75 Å². The Hall–Kier alpha value is -2.36. The number of nitrogens with zero attached hydrogens (tertiary/aromatic N) is 2. The van der Waals surface area contributed by atoms with Gasteiger partial charge >= 0.3 is 0 Å². The third-order valence-electron chi connectivity index (χ3n) is 3.90. The van der Waals surface area contributed by atoms with E-state index in [0.29, 0.717) is 13.1 Å². The Bertz CT molecular complexity index is 621. The number of aromatic nitrogens is 1. The number of carbonyl (C=O) groups excluding carboxylic acids is 1. The molecule has 23 heavy (non-hydrogen) atoms. The highest BCUT2D eigenvalue weighted by molar-refractivity contribution is 5.77. The van der Waals surface area contributed by atoms with Crippen molar-refractivity contribution in [3.05, 3.63) is 59.4 Å². The van der Waals surface area contributed by atoms with Gasteiger partial charge in [-0.3, -0.25) is 9.78 Å². The molecule has 0 aliphatic heterocycles.